The van der Waals surface area contributed by atoms with Gasteiger partial charge in [-0.1, -0.05) is 0 Å². The molecule has 3 N–H and O–H groups in total. The molecule has 0 aliphatic heterocycles. The Morgan fingerprint density at radius 2 is 1.75 bits per heavy atom. The molecular weight excluding hydrogens is 237 g/mol. The van der Waals surface area contributed by atoms with Gasteiger partial charge in [0.15, 0.2) is 5.60 Å². The summed E-state index contributed by atoms with van der Waals surface area (Å²) in [5.74, 6) is -5.34. The summed E-state index contributed by atoms with van der Waals surface area (Å²) < 4.78 is 66.1. The number of nitrogens with two attached hydrogens (primary N) is 1. The molecule has 96 valence electrons. The number of halogens is 5. The van der Waals surface area contributed by atoms with Crippen LogP contribution in [0.4, 0.5) is 22.0 Å². The van der Waals surface area contributed by atoms with E-state index in [1.807, 2.05) is 0 Å². The van der Waals surface area contributed by atoms with Crippen molar-refractivity contribution in [3.05, 3.63) is 12.3 Å². The van der Waals surface area contributed by atoms with Crippen molar-refractivity contribution in [3.8, 4) is 0 Å². The van der Waals surface area contributed by atoms with E-state index in [2.05, 4.69) is 4.74 Å². The first-order valence-corrected chi connectivity index (χ1v) is 4.28. The molecule has 3 nitrogen and oxygen atoms in total. The third-order valence-corrected chi connectivity index (χ3v) is 1.82. The lowest BCUT2D eigenvalue weighted by Crippen LogP contribution is -2.59. The monoisotopic (exact) mass is 249 g/mol. The van der Waals surface area contributed by atoms with Gasteiger partial charge < -0.3 is 15.6 Å². The first-order chi connectivity index (χ1) is 7.12. The van der Waals surface area contributed by atoms with Gasteiger partial charge in [0.1, 0.15) is 0 Å². The fraction of sp³-hybridized carbons (Fsp3) is 0.750. The van der Waals surface area contributed by atoms with Crippen LogP contribution in [0, 0.1) is 0 Å². The highest BCUT2D eigenvalue weighted by Gasteiger charge is 2.68. The zero-order valence-electron chi connectivity index (χ0n) is 8.39. The smallest absolute Gasteiger partial charge is 0.456 e. The van der Waals surface area contributed by atoms with Gasteiger partial charge in [-0.2, -0.15) is 22.0 Å². The Hall–Kier alpha value is -0.890. The van der Waals surface area contributed by atoms with Crippen molar-refractivity contribution in [2.45, 2.75) is 24.6 Å². The Kier molecular flexibility index (Phi) is 4.68. The largest absolute Gasteiger partial charge is 0.502 e. The lowest BCUT2D eigenvalue weighted by molar-refractivity contribution is -0.329. The average molecular weight is 249 g/mol. The number of hydrogen-bond acceptors (Lipinski definition) is 3. The molecule has 0 aliphatic rings. The van der Waals surface area contributed by atoms with Crippen LogP contribution in [0.2, 0.25) is 0 Å². The van der Waals surface area contributed by atoms with E-state index in [0.717, 1.165) is 0 Å². The van der Waals surface area contributed by atoms with Gasteiger partial charge in [-0.15, -0.1) is 0 Å². The number of aliphatic hydroxyl groups is 1. The second-order valence-corrected chi connectivity index (χ2v) is 2.96. The van der Waals surface area contributed by atoms with Gasteiger partial charge >= 0.3 is 12.1 Å². The Labute approximate surface area is 88.7 Å². The van der Waals surface area contributed by atoms with Gasteiger partial charge in [-0.3, -0.25) is 0 Å². The van der Waals surface area contributed by atoms with Crippen molar-refractivity contribution in [2.24, 2.45) is 5.73 Å². The van der Waals surface area contributed by atoms with Crippen LogP contribution >= 0.6 is 0 Å². The molecule has 0 radical (unpaired) electrons. The van der Waals surface area contributed by atoms with Crippen LogP contribution in [-0.4, -0.2) is 36.0 Å². The minimum atomic E-state index is -5.89. The normalized spacial score (nSPS) is 17.5. The SMILES string of the molecule is CCO/C=C/C(O)(CN)C(F)(F)C(F)(F)F. The first kappa shape index (κ1) is 15.1. The van der Waals surface area contributed by atoms with Gasteiger partial charge in [0.25, 0.3) is 0 Å². The minimum absolute atomic E-state index is 0.0642. The van der Waals surface area contributed by atoms with Gasteiger partial charge in [0.05, 0.1) is 12.9 Å². The molecule has 0 aliphatic carbocycles. The Morgan fingerprint density at radius 3 is 2.06 bits per heavy atom. The minimum Gasteiger partial charge on any atom is -0.502 e. The summed E-state index contributed by atoms with van der Waals surface area (Å²) in [5.41, 5.74) is 1.22. The third-order valence-electron chi connectivity index (χ3n) is 1.82. The summed E-state index contributed by atoms with van der Waals surface area (Å²) in [4.78, 5) is 0. The van der Waals surface area contributed by atoms with Crippen molar-refractivity contribution in [2.75, 3.05) is 13.2 Å². The lowest BCUT2D eigenvalue weighted by atomic mass is 9.95. The predicted molar refractivity (Wildman–Crippen MR) is 45.8 cm³/mol. The van der Waals surface area contributed by atoms with Crippen LogP contribution in [0.15, 0.2) is 12.3 Å². The summed E-state index contributed by atoms with van der Waals surface area (Å²) in [6.07, 6.45) is -5.13. The van der Waals surface area contributed by atoms with E-state index in [-0.39, 0.29) is 12.7 Å². The van der Waals surface area contributed by atoms with Crippen LogP contribution in [0.3, 0.4) is 0 Å². The van der Waals surface area contributed by atoms with Crippen molar-refractivity contribution >= 4 is 0 Å². The molecule has 0 aromatic heterocycles. The summed E-state index contributed by atoms with van der Waals surface area (Å²) in [7, 11) is 0. The van der Waals surface area contributed by atoms with Gasteiger partial charge in [-0.25, -0.2) is 0 Å². The topological polar surface area (TPSA) is 55.5 Å². The number of ether oxygens (including phenoxy) is 1. The van der Waals surface area contributed by atoms with E-state index in [0.29, 0.717) is 6.26 Å². The fourth-order valence-corrected chi connectivity index (χ4v) is 0.803. The van der Waals surface area contributed by atoms with Crippen LogP contribution in [0.1, 0.15) is 6.92 Å². The third kappa shape index (κ3) is 2.82. The molecule has 1 atom stereocenters. The quantitative estimate of drug-likeness (QED) is 0.572. The zero-order valence-corrected chi connectivity index (χ0v) is 8.39. The average Bonchev–Trinajstić information content (AvgIpc) is 2.16. The Balaban J connectivity index is 5.09. The zero-order chi connectivity index (χ0) is 13.0. The first-order valence-electron chi connectivity index (χ1n) is 4.28. The summed E-state index contributed by atoms with van der Waals surface area (Å²) in [6, 6.07) is 0. The molecule has 0 saturated heterocycles. The van der Waals surface area contributed by atoms with E-state index in [1.165, 1.54) is 6.92 Å². The second-order valence-electron chi connectivity index (χ2n) is 2.96. The number of rotatable bonds is 5. The molecule has 0 bridgehead atoms. The fourth-order valence-electron chi connectivity index (χ4n) is 0.803. The Morgan fingerprint density at radius 1 is 1.25 bits per heavy atom. The molecule has 0 rings (SSSR count). The van der Waals surface area contributed by atoms with Crippen molar-refractivity contribution < 1.29 is 31.8 Å². The molecular formula is C8H12F5NO2. The van der Waals surface area contributed by atoms with Crippen molar-refractivity contribution in [1.29, 1.82) is 0 Å². The van der Waals surface area contributed by atoms with Crippen LogP contribution in [-0.2, 0) is 4.74 Å². The maximum Gasteiger partial charge on any atom is 0.456 e. The predicted octanol–water partition coefficient (Wildman–Crippen LogP) is 1.42. The Bertz CT molecular complexity index is 253. The van der Waals surface area contributed by atoms with Crippen molar-refractivity contribution in [1.82, 2.24) is 0 Å². The molecule has 1 unspecified atom stereocenters. The van der Waals surface area contributed by atoms with Gasteiger partial charge in [0.2, 0.25) is 0 Å². The summed E-state index contributed by atoms with van der Waals surface area (Å²) in [5, 5.41) is 9.15. The molecule has 8 heteroatoms. The van der Waals surface area contributed by atoms with Crippen LogP contribution in [0.5, 0.6) is 0 Å². The number of alkyl halides is 5. The molecule has 0 heterocycles. The molecule has 16 heavy (non-hydrogen) atoms. The van der Waals surface area contributed by atoms with Gasteiger partial charge in [-0.05, 0) is 13.0 Å². The number of hydrogen-bond donors (Lipinski definition) is 2. The van der Waals surface area contributed by atoms with Crippen molar-refractivity contribution in [3.63, 3.8) is 0 Å². The van der Waals surface area contributed by atoms with E-state index < -0.39 is 24.2 Å². The van der Waals surface area contributed by atoms with E-state index in [4.69, 9.17) is 10.8 Å². The molecule has 0 spiro atoms. The highest BCUT2D eigenvalue weighted by atomic mass is 19.4. The maximum absolute atomic E-state index is 12.8. The van der Waals surface area contributed by atoms with E-state index >= 15 is 0 Å². The molecule has 0 fully saturated rings. The standard InChI is InChI=1S/C8H12F5NO2/c1-2-16-4-3-6(15,5-14)7(9,10)8(11,12)13/h3-4,15H,2,5,14H2,1H3/b4-3+. The summed E-state index contributed by atoms with van der Waals surface area (Å²) in [6.45, 7) is 0.269. The highest BCUT2D eigenvalue weighted by Crippen LogP contribution is 2.43. The maximum atomic E-state index is 12.8. The molecule has 0 aromatic rings. The van der Waals surface area contributed by atoms with Crippen LogP contribution in [0.25, 0.3) is 0 Å². The van der Waals surface area contributed by atoms with E-state index in [1.54, 1.807) is 0 Å². The molecule has 0 amide bonds. The van der Waals surface area contributed by atoms with E-state index in [9.17, 15) is 22.0 Å². The second kappa shape index (κ2) is 4.96. The van der Waals surface area contributed by atoms with Gasteiger partial charge in [0, 0.05) is 6.54 Å². The molecule has 0 aromatic carbocycles. The molecule has 0 saturated carbocycles. The highest BCUT2D eigenvalue weighted by molar-refractivity contribution is 5.11. The van der Waals surface area contributed by atoms with Crippen LogP contribution < -0.4 is 5.73 Å². The summed E-state index contributed by atoms with van der Waals surface area (Å²) >= 11 is 0. The lowest BCUT2D eigenvalue weighted by Gasteiger charge is -2.33.